The highest BCUT2D eigenvalue weighted by atomic mass is 16.1. The largest absolute Gasteiger partial charge is 0.378 e. The number of hydrogen-bond donors (Lipinski definition) is 0. The lowest BCUT2D eigenvalue weighted by molar-refractivity contribution is 0.0968. The second kappa shape index (κ2) is 4.96. The number of nitrogens with zero attached hydrogens (tertiary/aromatic N) is 1. The fraction of sp³-hybridized carbons (Fsp3) is 0.462. The third-order valence-electron chi connectivity index (χ3n) is 2.30. The molecule has 0 aromatic heterocycles. The molecule has 1 aromatic carbocycles. The minimum absolute atomic E-state index is 0.232. The van der Waals surface area contributed by atoms with Gasteiger partial charge < -0.3 is 4.90 Å². The van der Waals surface area contributed by atoms with Gasteiger partial charge in [0, 0.05) is 31.8 Å². The first-order valence-corrected chi connectivity index (χ1v) is 5.31. The van der Waals surface area contributed by atoms with Crippen LogP contribution in [0.4, 0.5) is 5.69 Å². The van der Waals surface area contributed by atoms with Crippen molar-refractivity contribution in [3.05, 3.63) is 29.8 Å². The van der Waals surface area contributed by atoms with Gasteiger partial charge in [-0.1, -0.05) is 13.8 Å². The van der Waals surface area contributed by atoms with Crippen molar-refractivity contribution in [3.63, 3.8) is 0 Å². The average Bonchev–Trinajstić information content (AvgIpc) is 2.17. The molecule has 0 heterocycles. The summed E-state index contributed by atoms with van der Waals surface area (Å²) in [6, 6.07) is 7.77. The molecule has 0 saturated carbocycles. The lowest BCUT2D eigenvalue weighted by Crippen LogP contribution is -2.09. The highest BCUT2D eigenvalue weighted by Gasteiger charge is 2.07. The molecule has 2 heteroatoms. The van der Waals surface area contributed by atoms with Crippen molar-refractivity contribution in [1.82, 2.24) is 0 Å². The van der Waals surface area contributed by atoms with Crippen molar-refractivity contribution in [1.29, 1.82) is 0 Å². The number of anilines is 1. The molecule has 0 N–H and O–H groups in total. The number of carbonyl (C=O) groups is 1. The second-order valence-corrected chi connectivity index (χ2v) is 4.46. The van der Waals surface area contributed by atoms with E-state index < -0.39 is 0 Å². The molecule has 2 nitrogen and oxygen atoms in total. The Labute approximate surface area is 91.9 Å². The molecule has 0 atom stereocenters. The number of Topliss-reactive ketones (excluding diaryl/α,β-unsaturated/α-hetero) is 1. The van der Waals surface area contributed by atoms with Gasteiger partial charge in [0.05, 0.1) is 0 Å². The van der Waals surface area contributed by atoms with E-state index >= 15 is 0 Å². The summed E-state index contributed by atoms with van der Waals surface area (Å²) in [5.41, 5.74) is 1.94. The van der Waals surface area contributed by atoms with Crippen LogP contribution < -0.4 is 4.90 Å². The fourth-order valence-corrected chi connectivity index (χ4v) is 1.43. The summed E-state index contributed by atoms with van der Waals surface area (Å²) in [5, 5.41) is 0. The van der Waals surface area contributed by atoms with Crippen LogP contribution in [0.3, 0.4) is 0 Å². The van der Waals surface area contributed by atoms with Gasteiger partial charge in [-0.15, -0.1) is 0 Å². The van der Waals surface area contributed by atoms with Gasteiger partial charge in [0.15, 0.2) is 5.78 Å². The highest BCUT2D eigenvalue weighted by molar-refractivity contribution is 5.96. The van der Waals surface area contributed by atoms with Crippen molar-refractivity contribution in [2.45, 2.75) is 20.3 Å². The zero-order valence-electron chi connectivity index (χ0n) is 9.95. The smallest absolute Gasteiger partial charge is 0.163 e. The van der Waals surface area contributed by atoms with Gasteiger partial charge in [-0.05, 0) is 30.2 Å². The predicted molar refractivity (Wildman–Crippen MR) is 64.6 cm³/mol. The molecule has 0 radical (unpaired) electrons. The molecule has 0 aliphatic rings. The van der Waals surface area contributed by atoms with Crippen LogP contribution in [0.1, 0.15) is 30.6 Å². The van der Waals surface area contributed by atoms with E-state index in [2.05, 4.69) is 13.8 Å². The number of carbonyl (C=O) groups excluding carboxylic acids is 1. The topological polar surface area (TPSA) is 20.3 Å². The van der Waals surface area contributed by atoms with E-state index in [1.54, 1.807) is 0 Å². The van der Waals surface area contributed by atoms with Crippen LogP contribution in [0.2, 0.25) is 0 Å². The third-order valence-corrected chi connectivity index (χ3v) is 2.30. The molecule has 82 valence electrons. The van der Waals surface area contributed by atoms with Crippen LogP contribution in [-0.2, 0) is 0 Å². The van der Waals surface area contributed by atoms with Crippen molar-refractivity contribution >= 4 is 11.5 Å². The van der Waals surface area contributed by atoms with Crippen LogP contribution in [0.15, 0.2) is 24.3 Å². The maximum atomic E-state index is 11.7. The van der Waals surface area contributed by atoms with Crippen LogP contribution in [-0.4, -0.2) is 19.9 Å². The zero-order chi connectivity index (χ0) is 11.4. The van der Waals surface area contributed by atoms with Gasteiger partial charge in [-0.3, -0.25) is 4.79 Å². The summed E-state index contributed by atoms with van der Waals surface area (Å²) in [6.45, 7) is 4.12. The summed E-state index contributed by atoms with van der Waals surface area (Å²) < 4.78 is 0. The lowest BCUT2D eigenvalue weighted by atomic mass is 10.0. The molecule has 0 aliphatic carbocycles. The molecule has 1 aromatic rings. The van der Waals surface area contributed by atoms with Crippen molar-refractivity contribution in [3.8, 4) is 0 Å². The molecule has 0 aliphatic heterocycles. The normalized spacial score (nSPS) is 10.5. The minimum atomic E-state index is 0.232. The molecule has 0 unspecified atom stereocenters. The van der Waals surface area contributed by atoms with Gasteiger partial charge >= 0.3 is 0 Å². The first kappa shape index (κ1) is 11.8. The van der Waals surface area contributed by atoms with Crippen molar-refractivity contribution in [2.24, 2.45) is 5.92 Å². The van der Waals surface area contributed by atoms with E-state index in [0.29, 0.717) is 12.3 Å². The van der Waals surface area contributed by atoms with Gasteiger partial charge in [0.1, 0.15) is 0 Å². The van der Waals surface area contributed by atoms with Crippen LogP contribution in [0, 0.1) is 5.92 Å². The number of benzene rings is 1. The molecule has 0 bridgehead atoms. The Morgan fingerprint density at radius 2 is 1.73 bits per heavy atom. The summed E-state index contributed by atoms with van der Waals surface area (Å²) in [6.07, 6.45) is 0.626. The first-order valence-electron chi connectivity index (χ1n) is 5.31. The van der Waals surface area contributed by atoms with Crippen LogP contribution >= 0.6 is 0 Å². The summed E-state index contributed by atoms with van der Waals surface area (Å²) >= 11 is 0. The Hall–Kier alpha value is -1.31. The van der Waals surface area contributed by atoms with Gasteiger partial charge in [-0.25, -0.2) is 0 Å². The molecule has 15 heavy (non-hydrogen) atoms. The summed E-state index contributed by atoms with van der Waals surface area (Å²) in [7, 11) is 3.98. The number of ketones is 1. The zero-order valence-corrected chi connectivity index (χ0v) is 9.95. The molecule has 0 amide bonds. The van der Waals surface area contributed by atoms with Gasteiger partial charge in [0.25, 0.3) is 0 Å². The van der Waals surface area contributed by atoms with E-state index in [-0.39, 0.29) is 5.78 Å². The SMILES string of the molecule is CC(C)CC(=O)c1ccc(N(C)C)cc1. The standard InChI is InChI=1S/C13H19NO/c1-10(2)9-13(15)11-5-7-12(8-6-11)14(3)4/h5-8,10H,9H2,1-4H3. The Kier molecular flexibility index (Phi) is 3.89. The Bertz CT molecular complexity index is 325. The average molecular weight is 205 g/mol. The van der Waals surface area contributed by atoms with Crippen LogP contribution in [0.25, 0.3) is 0 Å². The maximum Gasteiger partial charge on any atom is 0.163 e. The Morgan fingerprint density at radius 1 is 1.20 bits per heavy atom. The molecule has 0 fully saturated rings. The molecular weight excluding hydrogens is 186 g/mol. The molecule has 1 rings (SSSR count). The number of rotatable bonds is 4. The fourth-order valence-electron chi connectivity index (χ4n) is 1.43. The van der Waals surface area contributed by atoms with E-state index in [4.69, 9.17) is 0 Å². The maximum absolute atomic E-state index is 11.7. The number of hydrogen-bond acceptors (Lipinski definition) is 2. The van der Waals surface area contributed by atoms with Gasteiger partial charge in [-0.2, -0.15) is 0 Å². The van der Waals surface area contributed by atoms with E-state index in [9.17, 15) is 4.79 Å². The van der Waals surface area contributed by atoms with Crippen molar-refractivity contribution < 1.29 is 4.79 Å². The van der Waals surface area contributed by atoms with E-state index in [0.717, 1.165) is 11.3 Å². The first-order chi connectivity index (χ1) is 7.00. The third kappa shape index (κ3) is 3.39. The van der Waals surface area contributed by atoms with E-state index in [1.807, 2.05) is 43.3 Å². The highest BCUT2D eigenvalue weighted by Crippen LogP contribution is 2.15. The molecule has 0 spiro atoms. The Morgan fingerprint density at radius 3 is 2.13 bits per heavy atom. The minimum Gasteiger partial charge on any atom is -0.378 e. The quantitative estimate of drug-likeness (QED) is 0.704. The second-order valence-electron chi connectivity index (χ2n) is 4.46. The monoisotopic (exact) mass is 205 g/mol. The van der Waals surface area contributed by atoms with Crippen LogP contribution in [0.5, 0.6) is 0 Å². The molecule has 0 saturated heterocycles. The summed E-state index contributed by atoms with van der Waals surface area (Å²) in [5.74, 6) is 0.654. The predicted octanol–water partition coefficient (Wildman–Crippen LogP) is 2.98. The van der Waals surface area contributed by atoms with Crippen molar-refractivity contribution in [2.75, 3.05) is 19.0 Å². The van der Waals surface area contributed by atoms with Gasteiger partial charge in [0.2, 0.25) is 0 Å². The Balaban J connectivity index is 2.75. The molecular formula is C13H19NO. The van der Waals surface area contributed by atoms with E-state index in [1.165, 1.54) is 0 Å². The summed E-state index contributed by atoms with van der Waals surface area (Å²) in [4.78, 5) is 13.7. The lowest BCUT2D eigenvalue weighted by Gasteiger charge is -2.12.